The fourth-order valence-electron chi connectivity index (χ4n) is 1.80. The molecule has 0 aromatic heterocycles. The third-order valence-electron chi connectivity index (χ3n) is 2.57. The highest BCUT2D eigenvalue weighted by Gasteiger charge is 2.16. The van der Waals surface area contributed by atoms with Gasteiger partial charge in [0.25, 0.3) is 0 Å². The van der Waals surface area contributed by atoms with Gasteiger partial charge in [0.1, 0.15) is 5.82 Å². The van der Waals surface area contributed by atoms with Crippen molar-refractivity contribution in [3.63, 3.8) is 0 Å². The fraction of sp³-hybridized carbons (Fsp3) is 0.417. The van der Waals surface area contributed by atoms with Gasteiger partial charge in [0.05, 0.1) is 11.3 Å². The summed E-state index contributed by atoms with van der Waals surface area (Å²) in [5.74, 6) is -0.681. The second-order valence-electron chi connectivity index (χ2n) is 3.70. The number of hydrogen-bond acceptors (Lipinski definition) is 3. The molecule has 1 aromatic rings. The van der Waals surface area contributed by atoms with Gasteiger partial charge in [-0.25, -0.2) is 4.39 Å². The Morgan fingerprint density at radius 3 is 2.71 bits per heavy atom. The van der Waals surface area contributed by atoms with E-state index in [0.717, 1.165) is 19.5 Å². The summed E-state index contributed by atoms with van der Waals surface area (Å²) in [7, 11) is 0. The lowest BCUT2D eigenvalue weighted by molar-refractivity contribution is 0.318. The Hall–Kier alpha value is -1.78. The standard InChI is InChI=1S/C12H18FN3O/c1-3-8-16(4-2)10-7-5-6-9(13)11(10)12(14)15-17/h5-7,17H,3-4,8H2,1-2H3,(H2,14,15). The second-order valence-corrected chi connectivity index (χ2v) is 3.70. The summed E-state index contributed by atoms with van der Waals surface area (Å²) >= 11 is 0. The van der Waals surface area contributed by atoms with Crippen molar-refractivity contribution >= 4 is 11.5 Å². The number of nitrogens with two attached hydrogens (primary N) is 1. The maximum Gasteiger partial charge on any atom is 0.175 e. The maximum absolute atomic E-state index is 13.7. The van der Waals surface area contributed by atoms with E-state index in [1.54, 1.807) is 12.1 Å². The van der Waals surface area contributed by atoms with Crippen LogP contribution < -0.4 is 10.6 Å². The van der Waals surface area contributed by atoms with Crippen molar-refractivity contribution in [1.82, 2.24) is 0 Å². The Balaban J connectivity index is 3.27. The van der Waals surface area contributed by atoms with Gasteiger partial charge in [0.15, 0.2) is 5.84 Å². The van der Waals surface area contributed by atoms with E-state index in [9.17, 15) is 4.39 Å². The number of nitrogens with zero attached hydrogens (tertiary/aromatic N) is 2. The summed E-state index contributed by atoms with van der Waals surface area (Å²) in [4.78, 5) is 2.00. The van der Waals surface area contributed by atoms with Crippen molar-refractivity contribution in [2.24, 2.45) is 10.9 Å². The van der Waals surface area contributed by atoms with Crippen LogP contribution in [0.15, 0.2) is 23.4 Å². The highest BCUT2D eigenvalue weighted by Crippen LogP contribution is 2.23. The minimum Gasteiger partial charge on any atom is -0.409 e. The van der Waals surface area contributed by atoms with Crippen LogP contribution in [0.4, 0.5) is 10.1 Å². The van der Waals surface area contributed by atoms with Gasteiger partial charge in [-0.2, -0.15) is 0 Å². The average molecular weight is 239 g/mol. The van der Waals surface area contributed by atoms with E-state index in [2.05, 4.69) is 5.16 Å². The first kappa shape index (κ1) is 13.3. The highest BCUT2D eigenvalue weighted by molar-refractivity contribution is 6.02. The maximum atomic E-state index is 13.7. The van der Waals surface area contributed by atoms with E-state index in [1.165, 1.54) is 6.07 Å². The van der Waals surface area contributed by atoms with E-state index in [-0.39, 0.29) is 11.4 Å². The van der Waals surface area contributed by atoms with E-state index < -0.39 is 5.82 Å². The van der Waals surface area contributed by atoms with Crippen LogP contribution in [0.2, 0.25) is 0 Å². The molecule has 0 atom stereocenters. The second kappa shape index (κ2) is 6.08. The molecular formula is C12H18FN3O. The number of benzene rings is 1. The Morgan fingerprint density at radius 1 is 1.47 bits per heavy atom. The molecule has 0 aliphatic rings. The van der Waals surface area contributed by atoms with Crippen LogP contribution in [0, 0.1) is 5.82 Å². The Kier molecular flexibility index (Phi) is 4.75. The summed E-state index contributed by atoms with van der Waals surface area (Å²) in [6, 6.07) is 4.70. The van der Waals surface area contributed by atoms with Gasteiger partial charge < -0.3 is 15.8 Å². The molecule has 0 spiro atoms. The molecule has 0 heterocycles. The number of halogens is 1. The summed E-state index contributed by atoms with van der Waals surface area (Å²) in [5.41, 5.74) is 6.33. The molecule has 0 aliphatic heterocycles. The van der Waals surface area contributed by atoms with Crippen LogP contribution in [0.5, 0.6) is 0 Å². The van der Waals surface area contributed by atoms with Gasteiger partial charge in [-0.3, -0.25) is 0 Å². The summed E-state index contributed by atoms with van der Waals surface area (Å²) in [6.45, 7) is 5.57. The molecule has 1 rings (SSSR count). The van der Waals surface area contributed by atoms with Crippen molar-refractivity contribution in [2.75, 3.05) is 18.0 Å². The summed E-state index contributed by atoms with van der Waals surface area (Å²) < 4.78 is 13.7. The van der Waals surface area contributed by atoms with Crippen LogP contribution in [-0.4, -0.2) is 24.1 Å². The highest BCUT2D eigenvalue weighted by atomic mass is 19.1. The molecule has 0 saturated heterocycles. The first-order chi connectivity index (χ1) is 8.15. The van der Waals surface area contributed by atoms with E-state index in [1.807, 2.05) is 18.7 Å². The lowest BCUT2D eigenvalue weighted by atomic mass is 10.1. The van der Waals surface area contributed by atoms with E-state index in [0.29, 0.717) is 5.69 Å². The Labute approximate surface area is 101 Å². The zero-order valence-electron chi connectivity index (χ0n) is 10.2. The molecule has 17 heavy (non-hydrogen) atoms. The van der Waals surface area contributed by atoms with E-state index >= 15 is 0 Å². The largest absolute Gasteiger partial charge is 0.409 e. The molecule has 94 valence electrons. The minimum absolute atomic E-state index is 0.158. The number of amidine groups is 1. The zero-order valence-corrected chi connectivity index (χ0v) is 10.2. The van der Waals surface area contributed by atoms with Crippen LogP contribution in [0.1, 0.15) is 25.8 Å². The van der Waals surface area contributed by atoms with Crippen molar-refractivity contribution in [3.05, 3.63) is 29.6 Å². The molecular weight excluding hydrogens is 221 g/mol. The van der Waals surface area contributed by atoms with Gasteiger partial charge in [-0.15, -0.1) is 0 Å². The van der Waals surface area contributed by atoms with Crippen molar-refractivity contribution in [3.8, 4) is 0 Å². The molecule has 0 fully saturated rings. The number of anilines is 1. The molecule has 0 bridgehead atoms. The van der Waals surface area contributed by atoms with Gasteiger partial charge in [-0.1, -0.05) is 18.1 Å². The van der Waals surface area contributed by atoms with Gasteiger partial charge in [-0.05, 0) is 25.5 Å². The normalized spacial score (nSPS) is 11.6. The molecule has 4 nitrogen and oxygen atoms in total. The minimum atomic E-state index is -0.479. The monoisotopic (exact) mass is 239 g/mol. The molecule has 5 heteroatoms. The van der Waals surface area contributed by atoms with Gasteiger partial charge in [0, 0.05) is 13.1 Å². The van der Waals surface area contributed by atoms with Crippen molar-refractivity contribution < 1.29 is 9.60 Å². The van der Waals surface area contributed by atoms with Gasteiger partial charge in [0.2, 0.25) is 0 Å². The summed E-state index contributed by atoms with van der Waals surface area (Å²) in [6.07, 6.45) is 0.944. The molecule has 1 aromatic carbocycles. The first-order valence-corrected chi connectivity index (χ1v) is 5.67. The molecule has 0 aliphatic carbocycles. The van der Waals surface area contributed by atoms with Crippen LogP contribution >= 0.6 is 0 Å². The summed E-state index contributed by atoms with van der Waals surface area (Å²) in [5, 5.41) is 11.6. The van der Waals surface area contributed by atoms with Crippen molar-refractivity contribution in [1.29, 1.82) is 0 Å². The lowest BCUT2D eigenvalue weighted by Gasteiger charge is -2.25. The van der Waals surface area contributed by atoms with Crippen molar-refractivity contribution in [2.45, 2.75) is 20.3 Å². The lowest BCUT2D eigenvalue weighted by Crippen LogP contribution is -2.28. The number of hydrogen-bond donors (Lipinski definition) is 2. The fourth-order valence-corrected chi connectivity index (χ4v) is 1.80. The molecule has 0 radical (unpaired) electrons. The molecule has 0 saturated carbocycles. The third kappa shape index (κ3) is 2.87. The number of rotatable bonds is 5. The zero-order chi connectivity index (χ0) is 12.8. The predicted molar refractivity (Wildman–Crippen MR) is 67.1 cm³/mol. The van der Waals surface area contributed by atoms with Gasteiger partial charge >= 0.3 is 0 Å². The quantitative estimate of drug-likeness (QED) is 0.358. The Morgan fingerprint density at radius 2 is 2.18 bits per heavy atom. The van der Waals surface area contributed by atoms with Crippen LogP contribution in [0.3, 0.4) is 0 Å². The van der Waals surface area contributed by atoms with Crippen LogP contribution in [0.25, 0.3) is 0 Å². The first-order valence-electron chi connectivity index (χ1n) is 5.67. The average Bonchev–Trinajstić information content (AvgIpc) is 2.34. The molecule has 3 N–H and O–H groups in total. The molecule has 0 amide bonds. The Bertz CT molecular complexity index is 407. The van der Waals surface area contributed by atoms with Crippen LogP contribution in [-0.2, 0) is 0 Å². The smallest absolute Gasteiger partial charge is 0.175 e. The molecule has 0 unspecified atom stereocenters. The van der Waals surface area contributed by atoms with E-state index in [4.69, 9.17) is 10.9 Å². The number of oxime groups is 1. The third-order valence-corrected chi connectivity index (χ3v) is 2.57. The SMILES string of the molecule is CCCN(CC)c1cccc(F)c1C(N)=NO. The predicted octanol–water partition coefficient (Wildman–Crippen LogP) is 2.16. The topological polar surface area (TPSA) is 61.8 Å².